The average molecular weight is 257 g/mol. The highest BCUT2D eigenvalue weighted by Crippen LogP contribution is 2.36. The summed E-state index contributed by atoms with van der Waals surface area (Å²) in [6.07, 6.45) is 9.35. The Kier molecular flexibility index (Phi) is 4.78. The Bertz CT molecular complexity index is 438. The minimum Gasteiger partial charge on any atom is -0.356 e. The molecule has 2 rings (SSSR count). The topological polar surface area (TPSA) is 29.1 Å². The fourth-order valence-corrected chi connectivity index (χ4v) is 2.83. The van der Waals surface area contributed by atoms with E-state index >= 15 is 0 Å². The molecular weight excluding hydrogens is 234 g/mol. The Morgan fingerprint density at radius 1 is 1.32 bits per heavy atom. The standard InChI is InChI=1S/C17H23NO/c1-2-17(13-8-14-18-16(17)19)12-7-6-11-15-9-4-3-5-10-15/h3-6,9-11H,2,7-8,12-14H2,1H3,(H,18,19)/b11-6+. The molecule has 0 saturated carbocycles. The van der Waals surface area contributed by atoms with Gasteiger partial charge in [0, 0.05) is 12.0 Å². The summed E-state index contributed by atoms with van der Waals surface area (Å²) in [6, 6.07) is 10.3. The molecule has 1 amide bonds. The zero-order valence-corrected chi connectivity index (χ0v) is 11.7. The molecule has 19 heavy (non-hydrogen) atoms. The lowest BCUT2D eigenvalue weighted by molar-refractivity contribution is -0.134. The van der Waals surface area contributed by atoms with Gasteiger partial charge in [-0.05, 0) is 37.7 Å². The van der Waals surface area contributed by atoms with Crippen LogP contribution in [0.15, 0.2) is 36.4 Å². The van der Waals surface area contributed by atoms with Gasteiger partial charge >= 0.3 is 0 Å². The molecule has 0 spiro atoms. The van der Waals surface area contributed by atoms with Crippen LogP contribution in [0.4, 0.5) is 0 Å². The van der Waals surface area contributed by atoms with E-state index in [2.05, 4.69) is 36.5 Å². The van der Waals surface area contributed by atoms with Crippen LogP contribution in [-0.2, 0) is 4.79 Å². The van der Waals surface area contributed by atoms with Crippen molar-refractivity contribution >= 4 is 12.0 Å². The average Bonchev–Trinajstić information content (AvgIpc) is 2.47. The van der Waals surface area contributed by atoms with E-state index in [-0.39, 0.29) is 11.3 Å². The molecule has 1 fully saturated rings. The zero-order chi connectivity index (χ0) is 13.6. The second-order valence-corrected chi connectivity index (χ2v) is 5.35. The first-order valence-corrected chi connectivity index (χ1v) is 7.27. The Morgan fingerprint density at radius 2 is 2.11 bits per heavy atom. The minimum absolute atomic E-state index is 0.126. The number of piperidine rings is 1. The van der Waals surface area contributed by atoms with Crippen LogP contribution in [-0.4, -0.2) is 12.5 Å². The quantitative estimate of drug-likeness (QED) is 0.854. The zero-order valence-electron chi connectivity index (χ0n) is 11.7. The van der Waals surface area contributed by atoms with E-state index < -0.39 is 0 Å². The van der Waals surface area contributed by atoms with Gasteiger partial charge in [0.05, 0.1) is 0 Å². The molecule has 0 radical (unpaired) electrons. The molecule has 1 aliphatic heterocycles. The number of amides is 1. The van der Waals surface area contributed by atoms with E-state index in [0.717, 1.165) is 38.6 Å². The van der Waals surface area contributed by atoms with Crippen molar-refractivity contribution in [1.82, 2.24) is 5.32 Å². The Hall–Kier alpha value is -1.57. The molecule has 2 heteroatoms. The Labute approximate surface area is 115 Å². The van der Waals surface area contributed by atoms with Crippen LogP contribution >= 0.6 is 0 Å². The van der Waals surface area contributed by atoms with Crippen LogP contribution < -0.4 is 5.32 Å². The van der Waals surface area contributed by atoms with E-state index in [1.807, 2.05) is 18.2 Å². The molecule has 2 nitrogen and oxygen atoms in total. The summed E-state index contributed by atoms with van der Waals surface area (Å²) in [4.78, 5) is 12.1. The first-order valence-electron chi connectivity index (χ1n) is 7.27. The van der Waals surface area contributed by atoms with Crippen LogP contribution in [0.2, 0.25) is 0 Å². The van der Waals surface area contributed by atoms with Gasteiger partial charge in [-0.2, -0.15) is 0 Å². The van der Waals surface area contributed by atoms with Crippen molar-refractivity contribution in [2.45, 2.75) is 39.0 Å². The lowest BCUT2D eigenvalue weighted by atomic mass is 9.74. The first kappa shape index (κ1) is 13.9. The van der Waals surface area contributed by atoms with Crippen LogP contribution in [0, 0.1) is 5.41 Å². The third kappa shape index (κ3) is 3.46. The van der Waals surface area contributed by atoms with Crippen molar-refractivity contribution in [3.8, 4) is 0 Å². The fraction of sp³-hybridized carbons (Fsp3) is 0.471. The normalized spacial score (nSPS) is 23.5. The molecule has 1 aromatic rings. The fourth-order valence-electron chi connectivity index (χ4n) is 2.83. The summed E-state index contributed by atoms with van der Waals surface area (Å²) >= 11 is 0. The summed E-state index contributed by atoms with van der Waals surface area (Å²) < 4.78 is 0. The predicted octanol–water partition coefficient (Wildman–Crippen LogP) is 3.79. The minimum atomic E-state index is -0.126. The van der Waals surface area contributed by atoms with Crippen molar-refractivity contribution in [3.63, 3.8) is 0 Å². The third-order valence-corrected chi connectivity index (χ3v) is 4.18. The van der Waals surface area contributed by atoms with Gasteiger partial charge in [-0.3, -0.25) is 4.79 Å². The first-order chi connectivity index (χ1) is 9.27. The van der Waals surface area contributed by atoms with Crippen LogP contribution in [0.25, 0.3) is 6.08 Å². The highest BCUT2D eigenvalue weighted by Gasteiger charge is 2.37. The number of benzene rings is 1. The number of hydrogen-bond acceptors (Lipinski definition) is 1. The Balaban J connectivity index is 1.90. The number of allylic oxidation sites excluding steroid dienone is 1. The van der Waals surface area contributed by atoms with E-state index in [4.69, 9.17) is 0 Å². The summed E-state index contributed by atoms with van der Waals surface area (Å²) in [5.74, 6) is 0.259. The highest BCUT2D eigenvalue weighted by atomic mass is 16.2. The molecule has 1 heterocycles. The Morgan fingerprint density at radius 3 is 2.79 bits per heavy atom. The van der Waals surface area contributed by atoms with Gasteiger partial charge in [0.15, 0.2) is 0 Å². The molecule has 102 valence electrons. The highest BCUT2D eigenvalue weighted by molar-refractivity contribution is 5.83. The third-order valence-electron chi connectivity index (χ3n) is 4.18. The number of carbonyl (C=O) groups is 1. The molecule has 1 N–H and O–H groups in total. The molecule has 1 saturated heterocycles. The van der Waals surface area contributed by atoms with Crippen LogP contribution in [0.5, 0.6) is 0 Å². The molecule has 1 aromatic carbocycles. The monoisotopic (exact) mass is 257 g/mol. The van der Waals surface area contributed by atoms with Crippen molar-refractivity contribution in [3.05, 3.63) is 42.0 Å². The number of carbonyl (C=O) groups excluding carboxylic acids is 1. The molecule has 0 aliphatic carbocycles. The largest absolute Gasteiger partial charge is 0.356 e. The maximum Gasteiger partial charge on any atom is 0.226 e. The predicted molar refractivity (Wildman–Crippen MR) is 79.7 cm³/mol. The second-order valence-electron chi connectivity index (χ2n) is 5.35. The number of nitrogens with one attached hydrogen (secondary N) is 1. The van der Waals surface area contributed by atoms with Gasteiger partial charge in [-0.15, -0.1) is 0 Å². The van der Waals surface area contributed by atoms with Crippen LogP contribution in [0.3, 0.4) is 0 Å². The second kappa shape index (κ2) is 6.55. The number of hydrogen-bond donors (Lipinski definition) is 1. The molecule has 1 aliphatic rings. The maximum absolute atomic E-state index is 12.1. The van der Waals surface area contributed by atoms with Crippen LogP contribution in [0.1, 0.15) is 44.6 Å². The van der Waals surface area contributed by atoms with E-state index in [1.165, 1.54) is 5.56 Å². The van der Waals surface area contributed by atoms with Gasteiger partial charge in [0.2, 0.25) is 5.91 Å². The summed E-state index contributed by atoms with van der Waals surface area (Å²) in [5.41, 5.74) is 1.10. The van der Waals surface area contributed by atoms with Gasteiger partial charge in [0.25, 0.3) is 0 Å². The SMILES string of the molecule is CCC1(CC/C=C/c2ccccc2)CCCNC1=O. The molecule has 0 bridgehead atoms. The van der Waals surface area contributed by atoms with E-state index in [1.54, 1.807) is 0 Å². The van der Waals surface area contributed by atoms with Crippen molar-refractivity contribution in [1.29, 1.82) is 0 Å². The summed E-state index contributed by atoms with van der Waals surface area (Å²) in [5, 5.41) is 3.02. The van der Waals surface area contributed by atoms with Gasteiger partial charge in [-0.25, -0.2) is 0 Å². The molecule has 1 unspecified atom stereocenters. The lowest BCUT2D eigenvalue weighted by Crippen LogP contribution is -2.45. The molecular formula is C17H23NO. The van der Waals surface area contributed by atoms with Gasteiger partial charge in [-0.1, -0.05) is 49.4 Å². The van der Waals surface area contributed by atoms with Crippen molar-refractivity contribution in [2.24, 2.45) is 5.41 Å². The molecule has 1 atom stereocenters. The maximum atomic E-state index is 12.1. The lowest BCUT2D eigenvalue weighted by Gasteiger charge is -2.35. The van der Waals surface area contributed by atoms with Gasteiger partial charge < -0.3 is 5.32 Å². The van der Waals surface area contributed by atoms with Crippen molar-refractivity contribution < 1.29 is 4.79 Å². The van der Waals surface area contributed by atoms with E-state index in [0.29, 0.717) is 0 Å². The van der Waals surface area contributed by atoms with Gasteiger partial charge in [0.1, 0.15) is 0 Å². The number of rotatable bonds is 5. The van der Waals surface area contributed by atoms with E-state index in [9.17, 15) is 4.79 Å². The van der Waals surface area contributed by atoms with Crippen molar-refractivity contribution in [2.75, 3.05) is 6.54 Å². The summed E-state index contributed by atoms with van der Waals surface area (Å²) in [6.45, 7) is 2.98. The summed E-state index contributed by atoms with van der Waals surface area (Å²) in [7, 11) is 0. The smallest absolute Gasteiger partial charge is 0.226 e. The molecule has 0 aromatic heterocycles.